The van der Waals surface area contributed by atoms with Crippen LogP contribution in [0.25, 0.3) is 11.0 Å². The third kappa shape index (κ3) is 3.46. The second-order valence-electron chi connectivity index (χ2n) is 6.78. The van der Waals surface area contributed by atoms with E-state index in [0.29, 0.717) is 30.2 Å². The van der Waals surface area contributed by atoms with Gasteiger partial charge in [0.1, 0.15) is 11.4 Å². The van der Waals surface area contributed by atoms with Crippen LogP contribution in [-0.2, 0) is 6.42 Å². The van der Waals surface area contributed by atoms with Crippen molar-refractivity contribution >= 4 is 16.9 Å². The van der Waals surface area contributed by atoms with Gasteiger partial charge in [0.25, 0.3) is 5.91 Å². The van der Waals surface area contributed by atoms with Crippen LogP contribution in [0.4, 0.5) is 4.39 Å². The molecule has 0 saturated heterocycles. The van der Waals surface area contributed by atoms with Crippen LogP contribution in [0.5, 0.6) is 0 Å². The minimum absolute atomic E-state index is 0.147. The molecule has 1 aliphatic carbocycles. The molecule has 3 aromatic rings. The predicted octanol–water partition coefficient (Wildman–Crippen LogP) is 3.08. The number of benzene rings is 1. The fraction of sp³-hybridized carbons (Fsp3) is 0.300. The van der Waals surface area contributed by atoms with Gasteiger partial charge in [-0.15, -0.1) is 0 Å². The summed E-state index contributed by atoms with van der Waals surface area (Å²) in [6.45, 7) is 0. The summed E-state index contributed by atoms with van der Waals surface area (Å²) < 4.78 is 18.9. The molecule has 4 rings (SSSR count). The maximum atomic E-state index is 13.3. The molecule has 26 heavy (non-hydrogen) atoms. The maximum Gasteiger partial charge on any atom is 0.287 e. The number of nitrogens with zero attached hydrogens (tertiary/aromatic N) is 1. The Labute approximate surface area is 149 Å². The summed E-state index contributed by atoms with van der Waals surface area (Å²) in [5.41, 5.74) is 1.35. The number of furan rings is 1. The van der Waals surface area contributed by atoms with Crippen LogP contribution in [-0.4, -0.2) is 28.1 Å². The first-order chi connectivity index (χ1) is 12.6. The number of halogens is 1. The lowest BCUT2D eigenvalue weighted by molar-refractivity contribution is 0.0235. The van der Waals surface area contributed by atoms with Crippen LogP contribution in [0.2, 0.25) is 0 Å². The van der Waals surface area contributed by atoms with E-state index in [0.717, 1.165) is 5.69 Å². The van der Waals surface area contributed by atoms with Crippen molar-refractivity contribution in [2.75, 3.05) is 0 Å². The number of pyridine rings is 1. The van der Waals surface area contributed by atoms with Crippen molar-refractivity contribution in [1.82, 2.24) is 10.3 Å². The minimum atomic E-state index is -0.373. The number of hydrogen-bond acceptors (Lipinski definition) is 4. The number of carbonyl (C=O) groups is 1. The summed E-state index contributed by atoms with van der Waals surface area (Å²) in [7, 11) is 0. The molecule has 5 nitrogen and oxygen atoms in total. The number of aliphatic hydroxyl groups is 1. The number of amides is 1. The molecule has 2 heterocycles. The van der Waals surface area contributed by atoms with Crippen molar-refractivity contribution < 1.29 is 18.7 Å². The Morgan fingerprint density at radius 1 is 1.31 bits per heavy atom. The van der Waals surface area contributed by atoms with Gasteiger partial charge in [0.15, 0.2) is 5.76 Å². The molecule has 1 aliphatic rings. The Morgan fingerprint density at radius 2 is 2.15 bits per heavy atom. The van der Waals surface area contributed by atoms with Crippen LogP contribution in [0.3, 0.4) is 0 Å². The standard InChI is InChI=1S/C20H19FN2O3/c21-14-4-5-18-13(7-14)10-19(26-18)20(25)23-17(12-8-16(24)9-12)11-15-3-1-2-6-22-15/h1-7,10,12,16-17,24H,8-9,11H2,(H,23,25). The summed E-state index contributed by atoms with van der Waals surface area (Å²) >= 11 is 0. The molecule has 1 fully saturated rings. The zero-order valence-corrected chi connectivity index (χ0v) is 14.1. The Kier molecular flexibility index (Phi) is 4.42. The SMILES string of the molecule is O=C(NC(Cc1ccccn1)C1CC(O)C1)c1cc2cc(F)ccc2o1. The molecule has 1 amide bonds. The number of aliphatic hydroxyl groups excluding tert-OH is 1. The van der Waals surface area contributed by atoms with Crippen molar-refractivity contribution in [2.45, 2.75) is 31.4 Å². The first-order valence-corrected chi connectivity index (χ1v) is 8.66. The molecule has 6 heteroatoms. The number of hydrogen-bond donors (Lipinski definition) is 2. The first kappa shape index (κ1) is 16.7. The molecule has 2 N–H and O–H groups in total. The van der Waals surface area contributed by atoms with Crippen molar-refractivity contribution in [2.24, 2.45) is 5.92 Å². The van der Waals surface area contributed by atoms with E-state index in [2.05, 4.69) is 10.3 Å². The number of nitrogens with one attached hydrogen (secondary N) is 1. The molecule has 1 unspecified atom stereocenters. The second-order valence-corrected chi connectivity index (χ2v) is 6.78. The van der Waals surface area contributed by atoms with Gasteiger partial charge in [-0.2, -0.15) is 0 Å². The van der Waals surface area contributed by atoms with Crippen LogP contribution >= 0.6 is 0 Å². The lowest BCUT2D eigenvalue weighted by Gasteiger charge is -2.37. The Bertz CT molecular complexity index is 919. The predicted molar refractivity (Wildman–Crippen MR) is 94.1 cm³/mol. The smallest absolute Gasteiger partial charge is 0.287 e. The van der Waals surface area contributed by atoms with E-state index in [9.17, 15) is 14.3 Å². The number of rotatable bonds is 5. The average Bonchev–Trinajstić information content (AvgIpc) is 3.02. The van der Waals surface area contributed by atoms with Crippen molar-refractivity contribution in [3.05, 3.63) is 65.9 Å². The molecule has 1 atom stereocenters. The molecule has 1 saturated carbocycles. The largest absolute Gasteiger partial charge is 0.451 e. The molecule has 134 valence electrons. The molecular weight excluding hydrogens is 335 g/mol. The summed E-state index contributed by atoms with van der Waals surface area (Å²) in [6, 6.07) is 11.2. The van der Waals surface area contributed by atoms with E-state index in [1.807, 2.05) is 18.2 Å². The van der Waals surface area contributed by atoms with E-state index in [1.54, 1.807) is 12.3 Å². The number of fused-ring (bicyclic) bond motifs is 1. The minimum Gasteiger partial charge on any atom is -0.451 e. The Balaban J connectivity index is 1.52. The van der Waals surface area contributed by atoms with Crippen LogP contribution in [0, 0.1) is 11.7 Å². The molecule has 0 bridgehead atoms. The zero-order chi connectivity index (χ0) is 18.1. The molecule has 1 aromatic carbocycles. The van der Waals surface area contributed by atoms with Gasteiger partial charge in [-0.05, 0) is 55.2 Å². The van der Waals surface area contributed by atoms with Crippen molar-refractivity contribution in [3.8, 4) is 0 Å². The lowest BCUT2D eigenvalue weighted by atomic mass is 9.76. The quantitative estimate of drug-likeness (QED) is 0.738. The van der Waals surface area contributed by atoms with Crippen molar-refractivity contribution in [1.29, 1.82) is 0 Å². The molecule has 0 spiro atoms. The summed E-state index contributed by atoms with van der Waals surface area (Å²) in [4.78, 5) is 17.0. The molecule has 0 aliphatic heterocycles. The molecule has 2 aromatic heterocycles. The third-order valence-electron chi connectivity index (χ3n) is 4.89. The van der Waals surface area contributed by atoms with E-state index in [-0.39, 0.29) is 35.5 Å². The van der Waals surface area contributed by atoms with E-state index >= 15 is 0 Å². The highest BCUT2D eigenvalue weighted by Gasteiger charge is 2.35. The summed E-state index contributed by atoms with van der Waals surface area (Å²) in [5.74, 6) is -0.375. The Hall–Kier alpha value is -2.73. The topological polar surface area (TPSA) is 75.4 Å². The van der Waals surface area contributed by atoms with E-state index in [1.165, 1.54) is 18.2 Å². The number of aromatic nitrogens is 1. The monoisotopic (exact) mass is 354 g/mol. The van der Waals surface area contributed by atoms with Gasteiger partial charge in [0, 0.05) is 29.7 Å². The van der Waals surface area contributed by atoms with Gasteiger partial charge in [0.2, 0.25) is 0 Å². The Morgan fingerprint density at radius 3 is 2.88 bits per heavy atom. The fourth-order valence-electron chi connectivity index (χ4n) is 3.40. The highest BCUT2D eigenvalue weighted by Crippen LogP contribution is 2.32. The van der Waals surface area contributed by atoms with Crippen LogP contribution < -0.4 is 5.32 Å². The van der Waals surface area contributed by atoms with Crippen LogP contribution in [0.1, 0.15) is 29.1 Å². The normalized spacial score (nSPS) is 20.5. The molecular formula is C20H19FN2O3. The highest BCUT2D eigenvalue weighted by atomic mass is 19.1. The van der Waals surface area contributed by atoms with Gasteiger partial charge in [0.05, 0.1) is 6.10 Å². The molecule has 0 radical (unpaired) electrons. The average molecular weight is 354 g/mol. The van der Waals surface area contributed by atoms with Gasteiger partial charge in [-0.1, -0.05) is 6.07 Å². The first-order valence-electron chi connectivity index (χ1n) is 8.66. The fourth-order valence-corrected chi connectivity index (χ4v) is 3.40. The van der Waals surface area contributed by atoms with Gasteiger partial charge in [-0.3, -0.25) is 9.78 Å². The maximum absolute atomic E-state index is 13.3. The summed E-state index contributed by atoms with van der Waals surface area (Å²) in [6.07, 6.45) is 3.31. The van der Waals surface area contributed by atoms with E-state index in [4.69, 9.17) is 4.42 Å². The van der Waals surface area contributed by atoms with Gasteiger partial charge >= 0.3 is 0 Å². The van der Waals surface area contributed by atoms with Crippen molar-refractivity contribution in [3.63, 3.8) is 0 Å². The van der Waals surface area contributed by atoms with Crippen LogP contribution in [0.15, 0.2) is 53.1 Å². The highest BCUT2D eigenvalue weighted by molar-refractivity contribution is 5.96. The third-order valence-corrected chi connectivity index (χ3v) is 4.89. The van der Waals surface area contributed by atoms with Gasteiger partial charge < -0.3 is 14.8 Å². The second kappa shape index (κ2) is 6.88. The van der Waals surface area contributed by atoms with E-state index < -0.39 is 0 Å². The lowest BCUT2D eigenvalue weighted by Crippen LogP contribution is -2.48. The summed E-state index contributed by atoms with van der Waals surface area (Å²) in [5, 5.41) is 13.2. The zero-order valence-electron chi connectivity index (χ0n) is 14.1. The van der Waals surface area contributed by atoms with Gasteiger partial charge in [-0.25, -0.2) is 4.39 Å². The number of carbonyl (C=O) groups excluding carboxylic acids is 1.